The molecular formula is C14H24N4O2. The van der Waals surface area contributed by atoms with Crippen molar-refractivity contribution >= 4 is 17.6 Å². The van der Waals surface area contributed by atoms with E-state index in [1.54, 1.807) is 6.92 Å². The first-order valence-corrected chi connectivity index (χ1v) is 7.13. The van der Waals surface area contributed by atoms with Crippen LogP contribution < -0.4 is 10.6 Å². The van der Waals surface area contributed by atoms with Crippen molar-refractivity contribution in [2.45, 2.75) is 40.5 Å². The predicted octanol–water partition coefficient (Wildman–Crippen LogP) is 2.14. The first-order valence-electron chi connectivity index (χ1n) is 7.13. The molecule has 0 aliphatic heterocycles. The molecule has 0 amide bonds. The summed E-state index contributed by atoms with van der Waals surface area (Å²) in [7, 11) is 0. The molecule has 2 N–H and O–H groups in total. The summed E-state index contributed by atoms with van der Waals surface area (Å²) in [5.41, 5.74) is 0.917. The Hall–Kier alpha value is -1.85. The molecule has 0 fully saturated rings. The maximum Gasteiger partial charge on any atom is 0.325 e. The van der Waals surface area contributed by atoms with Crippen LogP contribution in [0.2, 0.25) is 0 Å². The third kappa shape index (κ3) is 4.68. The van der Waals surface area contributed by atoms with Gasteiger partial charge in [0.25, 0.3) is 0 Å². The third-order valence-electron chi connectivity index (χ3n) is 2.76. The Kier molecular flexibility index (Phi) is 6.76. The predicted molar refractivity (Wildman–Crippen MR) is 80.1 cm³/mol. The molecule has 112 valence electrons. The van der Waals surface area contributed by atoms with Crippen LogP contribution in [-0.2, 0) is 16.0 Å². The van der Waals surface area contributed by atoms with Crippen molar-refractivity contribution in [1.82, 2.24) is 9.97 Å². The van der Waals surface area contributed by atoms with Gasteiger partial charge < -0.3 is 15.4 Å². The van der Waals surface area contributed by atoms with Crippen molar-refractivity contribution in [3.05, 3.63) is 11.4 Å². The van der Waals surface area contributed by atoms with Crippen LogP contribution >= 0.6 is 0 Å². The Morgan fingerprint density at radius 2 is 1.80 bits per heavy atom. The van der Waals surface area contributed by atoms with Crippen molar-refractivity contribution in [2.24, 2.45) is 0 Å². The molecule has 1 rings (SSSR count). The summed E-state index contributed by atoms with van der Waals surface area (Å²) in [6, 6.07) is 0. The standard InChI is InChI=1S/C14H24N4O2/c1-5-8-15-13-10(4)14(18-11(6-2)17-13)16-9-12(19)20-7-3/h5-9H2,1-4H3,(H2,15,16,17,18). The van der Waals surface area contributed by atoms with Crippen LogP contribution in [0.5, 0.6) is 0 Å². The first-order chi connectivity index (χ1) is 9.62. The second-order valence-electron chi connectivity index (χ2n) is 4.40. The number of hydrogen-bond donors (Lipinski definition) is 2. The van der Waals surface area contributed by atoms with E-state index in [0.717, 1.165) is 36.6 Å². The van der Waals surface area contributed by atoms with E-state index in [0.29, 0.717) is 12.4 Å². The molecule has 6 nitrogen and oxygen atoms in total. The van der Waals surface area contributed by atoms with E-state index in [1.165, 1.54) is 0 Å². The lowest BCUT2D eigenvalue weighted by Crippen LogP contribution is -2.19. The molecule has 0 aliphatic rings. The number of carbonyl (C=O) groups excluding carboxylic acids is 1. The van der Waals surface area contributed by atoms with Gasteiger partial charge in [0, 0.05) is 18.5 Å². The third-order valence-corrected chi connectivity index (χ3v) is 2.76. The minimum absolute atomic E-state index is 0.113. The largest absolute Gasteiger partial charge is 0.465 e. The Morgan fingerprint density at radius 1 is 1.15 bits per heavy atom. The number of esters is 1. The SMILES string of the molecule is CCCNc1nc(CC)nc(NCC(=O)OCC)c1C. The normalized spacial score (nSPS) is 10.2. The van der Waals surface area contributed by atoms with E-state index in [1.807, 2.05) is 13.8 Å². The Morgan fingerprint density at radius 3 is 2.35 bits per heavy atom. The van der Waals surface area contributed by atoms with Crippen molar-refractivity contribution < 1.29 is 9.53 Å². The van der Waals surface area contributed by atoms with Crippen LogP contribution in [-0.4, -0.2) is 35.6 Å². The molecule has 0 unspecified atom stereocenters. The van der Waals surface area contributed by atoms with Gasteiger partial charge in [0.2, 0.25) is 0 Å². The highest BCUT2D eigenvalue weighted by molar-refractivity contribution is 5.75. The van der Waals surface area contributed by atoms with E-state index in [-0.39, 0.29) is 12.5 Å². The fourth-order valence-electron chi connectivity index (χ4n) is 1.68. The van der Waals surface area contributed by atoms with Gasteiger partial charge in [-0.2, -0.15) is 0 Å². The average molecular weight is 280 g/mol. The quantitative estimate of drug-likeness (QED) is 0.711. The summed E-state index contributed by atoms with van der Waals surface area (Å²) in [5, 5.41) is 6.31. The zero-order valence-corrected chi connectivity index (χ0v) is 12.7. The van der Waals surface area contributed by atoms with Gasteiger partial charge in [-0.3, -0.25) is 4.79 Å². The summed E-state index contributed by atoms with van der Waals surface area (Å²) in [5.74, 6) is 1.97. The van der Waals surface area contributed by atoms with Gasteiger partial charge in [0.05, 0.1) is 6.61 Å². The van der Waals surface area contributed by atoms with E-state index >= 15 is 0 Å². The smallest absolute Gasteiger partial charge is 0.325 e. The molecule has 6 heteroatoms. The first kappa shape index (κ1) is 16.2. The summed E-state index contributed by atoms with van der Waals surface area (Å²) >= 11 is 0. The molecule has 20 heavy (non-hydrogen) atoms. The summed E-state index contributed by atoms with van der Waals surface area (Å²) in [6.07, 6.45) is 1.77. The lowest BCUT2D eigenvalue weighted by molar-refractivity contribution is -0.140. The zero-order valence-electron chi connectivity index (χ0n) is 12.7. The van der Waals surface area contributed by atoms with Crippen LogP contribution in [0, 0.1) is 6.92 Å². The van der Waals surface area contributed by atoms with Crippen LogP contribution in [0.1, 0.15) is 38.6 Å². The Labute approximate surface area is 120 Å². The lowest BCUT2D eigenvalue weighted by atomic mass is 10.2. The van der Waals surface area contributed by atoms with E-state index < -0.39 is 0 Å². The van der Waals surface area contributed by atoms with E-state index in [9.17, 15) is 4.79 Å². The number of nitrogens with zero attached hydrogens (tertiary/aromatic N) is 2. The maximum atomic E-state index is 11.4. The molecular weight excluding hydrogens is 256 g/mol. The molecule has 0 atom stereocenters. The highest BCUT2D eigenvalue weighted by atomic mass is 16.5. The van der Waals surface area contributed by atoms with Crippen LogP contribution in [0.3, 0.4) is 0 Å². The van der Waals surface area contributed by atoms with Crippen molar-refractivity contribution in [2.75, 3.05) is 30.3 Å². The second-order valence-corrected chi connectivity index (χ2v) is 4.40. The highest BCUT2D eigenvalue weighted by Crippen LogP contribution is 2.20. The summed E-state index contributed by atoms with van der Waals surface area (Å²) < 4.78 is 4.89. The minimum Gasteiger partial charge on any atom is -0.465 e. The molecule has 0 bridgehead atoms. The maximum absolute atomic E-state index is 11.4. The van der Waals surface area contributed by atoms with Crippen LogP contribution in [0.4, 0.5) is 11.6 Å². The molecule has 1 aromatic rings. The Bertz CT molecular complexity index is 449. The fraction of sp³-hybridized carbons (Fsp3) is 0.643. The van der Waals surface area contributed by atoms with Crippen LogP contribution in [0.25, 0.3) is 0 Å². The molecule has 0 spiro atoms. The molecule has 0 saturated carbocycles. The number of carbonyl (C=O) groups is 1. The van der Waals surface area contributed by atoms with E-state index in [2.05, 4.69) is 27.5 Å². The Balaban J connectivity index is 2.85. The molecule has 0 radical (unpaired) electrons. The highest BCUT2D eigenvalue weighted by Gasteiger charge is 2.11. The number of hydrogen-bond acceptors (Lipinski definition) is 6. The second kappa shape index (κ2) is 8.35. The van der Waals surface area contributed by atoms with Gasteiger partial charge in [-0.1, -0.05) is 13.8 Å². The lowest BCUT2D eigenvalue weighted by Gasteiger charge is -2.14. The number of anilines is 2. The minimum atomic E-state index is -0.286. The van der Waals surface area contributed by atoms with Gasteiger partial charge in [0.1, 0.15) is 24.0 Å². The number of aryl methyl sites for hydroxylation is 1. The fourth-order valence-corrected chi connectivity index (χ4v) is 1.68. The monoisotopic (exact) mass is 280 g/mol. The van der Waals surface area contributed by atoms with Gasteiger partial charge >= 0.3 is 5.97 Å². The number of nitrogens with one attached hydrogen (secondary N) is 2. The summed E-state index contributed by atoms with van der Waals surface area (Å²) in [4.78, 5) is 20.3. The molecule has 1 heterocycles. The van der Waals surface area contributed by atoms with Crippen molar-refractivity contribution in [3.63, 3.8) is 0 Å². The average Bonchev–Trinajstić information content (AvgIpc) is 2.45. The van der Waals surface area contributed by atoms with Gasteiger partial charge in [-0.25, -0.2) is 9.97 Å². The van der Waals surface area contributed by atoms with E-state index in [4.69, 9.17) is 4.74 Å². The van der Waals surface area contributed by atoms with Gasteiger partial charge in [-0.05, 0) is 20.3 Å². The number of aromatic nitrogens is 2. The van der Waals surface area contributed by atoms with Gasteiger partial charge in [0.15, 0.2) is 0 Å². The number of ether oxygens (including phenoxy) is 1. The molecule has 0 aromatic carbocycles. The van der Waals surface area contributed by atoms with Crippen molar-refractivity contribution in [3.8, 4) is 0 Å². The van der Waals surface area contributed by atoms with Crippen LogP contribution in [0.15, 0.2) is 0 Å². The number of rotatable bonds is 8. The molecule has 0 aliphatic carbocycles. The summed E-state index contributed by atoms with van der Waals surface area (Å²) in [6.45, 7) is 9.18. The van der Waals surface area contributed by atoms with Crippen molar-refractivity contribution in [1.29, 1.82) is 0 Å². The zero-order chi connectivity index (χ0) is 15.0. The molecule has 0 saturated heterocycles. The topological polar surface area (TPSA) is 76.1 Å². The van der Waals surface area contributed by atoms with Gasteiger partial charge in [-0.15, -0.1) is 0 Å². The molecule has 1 aromatic heterocycles.